The molecule has 0 amide bonds. The topological polar surface area (TPSA) is 0 Å². The van der Waals surface area contributed by atoms with E-state index in [-0.39, 0.29) is 0 Å². The molecule has 0 spiro atoms. The van der Waals surface area contributed by atoms with Gasteiger partial charge < -0.3 is 0 Å². The van der Waals surface area contributed by atoms with Crippen molar-refractivity contribution in [3.05, 3.63) is 41.5 Å². The lowest BCUT2D eigenvalue weighted by molar-refractivity contribution is 0.348. The summed E-state index contributed by atoms with van der Waals surface area (Å²) < 4.78 is 0. The van der Waals surface area contributed by atoms with Crippen molar-refractivity contribution >= 4 is 5.57 Å². The van der Waals surface area contributed by atoms with Gasteiger partial charge in [-0.1, -0.05) is 57.0 Å². The van der Waals surface area contributed by atoms with Gasteiger partial charge in [0.1, 0.15) is 0 Å². The van der Waals surface area contributed by atoms with E-state index in [4.69, 9.17) is 0 Å². The molecule has 3 rings (SSSR count). The van der Waals surface area contributed by atoms with E-state index < -0.39 is 0 Å². The van der Waals surface area contributed by atoms with Crippen molar-refractivity contribution < 1.29 is 0 Å². The van der Waals surface area contributed by atoms with Gasteiger partial charge >= 0.3 is 0 Å². The Morgan fingerprint density at radius 3 is 2.10 bits per heavy atom. The predicted molar refractivity (Wildman–Crippen MR) is 87.8 cm³/mol. The van der Waals surface area contributed by atoms with Gasteiger partial charge in [-0.2, -0.15) is 0 Å². The Balaban J connectivity index is 1.68. The Hall–Kier alpha value is -1.04. The van der Waals surface area contributed by atoms with Crippen molar-refractivity contribution in [2.45, 2.75) is 64.7 Å². The Morgan fingerprint density at radius 2 is 1.50 bits per heavy atom. The third kappa shape index (κ3) is 3.16. The molecule has 0 heterocycles. The molecule has 1 atom stereocenters. The zero-order valence-electron chi connectivity index (χ0n) is 13.1. The molecule has 2 aliphatic carbocycles. The molecule has 0 aliphatic heterocycles. The molecule has 1 aromatic carbocycles. The molecule has 0 heteroatoms. The second-order valence-electron chi connectivity index (χ2n) is 7.19. The molecule has 1 fully saturated rings. The third-order valence-electron chi connectivity index (χ3n) is 5.44. The minimum absolute atomic E-state index is 0.820. The van der Waals surface area contributed by atoms with Crippen LogP contribution in [0.2, 0.25) is 0 Å². The van der Waals surface area contributed by atoms with Crippen LogP contribution in [0.15, 0.2) is 30.3 Å². The highest BCUT2D eigenvalue weighted by atomic mass is 14.2. The summed E-state index contributed by atoms with van der Waals surface area (Å²) in [6, 6.07) is 9.54. The maximum Gasteiger partial charge on any atom is -0.0162 e. The van der Waals surface area contributed by atoms with Gasteiger partial charge in [0.25, 0.3) is 0 Å². The van der Waals surface area contributed by atoms with Gasteiger partial charge in [0.05, 0.1) is 0 Å². The van der Waals surface area contributed by atoms with Crippen LogP contribution in [0.1, 0.15) is 75.8 Å². The summed E-state index contributed by atoms with van der Waals surface area (Å²) >= 11 is 0. The van der Waals surface area contributed by atoms with Gasteiger partial charge in [0, 0.05) is 0 Å². The smallest absolute Gasteiger partial charge is 0.0162 e. The lowest BCUT2D eigenvalue weighted by Gasteiger charge is -2.26. The van der Waals surface area contributed by atoms with Crippen LogP contribution in [0.3, 0.4) is 0 Å². The second kappa shape index (κ2) is 6.16. The lowest BCUT2D eigenvalue weighted by Crippen LogP contribution is -2.10. The van der Waals surface area contributed by atoms with Gasteiger partial charge in [0.2, 0.25) is 0 Å². The van der Waals surface area contributed by atoms with Gasteiger partial charge in [0.15, 0.2) is 0 Å². The van der Waals surface area contributed by atoms with E-state index in [0.717, 1.165) is 17.8 Å². The Kier molecular flexibility index (Phi) is 4.29. The molecule has 0 aromatic heterocycles. The highest BCUT2D eigenvalue weighted by Gasteiger charge is 2.19. The van der Waals surface area contributed by atoms with E-state index in [9.17, 15) is 0 Å². The monoisotopic (exact) mass is 268 g/mol. The van der Waals surface area contributed by atoms with Crippen molar-refractivity contribution in [1.29, 1.82) is 0 Å². The number of hydrogen-bond acceptors (Lipinski definition) is 0. The van der Waals surface area contributed by atoms with Crippen molar-refractivity contribution in [2.75, 3.05) is 0 Å². The molecule has 0 N–H and O–H groups in total. The molecular formula is C20H28. The van der Waals surface area contributed by atoms with Crippen LogP contribution in [-0.4, -0.2) is 0 Å². The molecular weight excluding hydrogens is 240 g/mol. The van der Waals surface area contributed by atoms with Crippen LogP contribution < -0.4 is 0 Å². The lowest BCUT2D eigenvalue weighted by atomic mass is 9.79. The molecule has 0 radical (unpaired) electrons. The average Bonchev–Trinajstić information content (AvgIpc) is 2.49. The van der Waals surface area contributed by atoms with Gasteiger partial charge in [-0.3, -0.25) is 0 Å². The first kappa shape index (κ1) is 13.9. The molecule has 1 unspecified atom stereocenters. The summed E-state index contributed by atoms with van der Waals surface area (Å²) in [6.45, 7) is 4.76. The number of hydrogen-bond donors (Lipinski definition) is 0. The van der Waals surface area contributed by atoms with Crippen molar-refractivity contribution in [3.8, 4) is 0 Å². The van der Waals surface area contributed by atoms with Gasteiger partial charge in [-0.15, -0.1) is 0 Å². The van der Waals surface area contributed by atoms with E-state index in [0.29, 0.717) is 0 Å². The molecule has 0 bridgehead atoms. The maximum atomic E-state index is 2.46. The molecule has 1 saturated carbocycles. The summed E-state index contributed by atoms with van der Waals surface area (Å²) in [5, 5.41) is 0. The maximum absolute atomic E-state index is 2.46. The second-order valence-corrected chi connectivity index (χ2v) is 7.19. The molecule has 0 nitrogen and oxygen atoms in total. The number of rotatable bonds is 2. The highest BCUT2D eigenvalue weighted by molar-refractivity contribution is 5.66. The zero-order chi connectivity index (χ0) is 13.9. The minimum Gasteiger partial charge on any atom is -0.0805 e. The van der Waals surface area contributed by atoms with Crippen molar-refractivity contribution in [1.82, 2.24) is 0 Å². The summed E-state index contributed by atoms with van der Waals surface area (Å²) in [5.74, 6) is 2.64. The molecule has 0 saturated heterocycles. The number of allylic oxidation sites excluding steroid dienone is 2. The SMILES string of the molecule is CC1CC=C(c2ccc([C@H]3CC[C@H](C)CC3)cc2)CC1. The van der Waals surface area contributed by atoms with Crippen molar-refractivity contribution in [3.63, 3.8) is 0 Å². The number of benzene rings is 1. The van der Waals surface area contributed by atoms with E-state index in [1.165, 1.54) is 50.5 Å². The fraction of sp³-hybridized carbons (Fsp3) is 0.600. The van der Waals surface area contributed by atoms with E-state index >= 15 is 0 Å². The van der Waals surface area contributed by atoms with E-state index in [1.807, 2.05) is 0 Å². The normalized spacial score (nSPS) is 30.9. The van der Waals surface area contributed by atoms with Crippen LogP contribution in [0.25, 0.3) is 5.57 Å². The summed E-state index contributed by atoms with van der Waals surface area (Å²) in [7, 11) is 0. The van der Waals surface area contributed by atoms with Crippen molar-refractivity contribution in [2.24, 2.45) is 11.8 Å². The first-order valence-electron chi connectivity index (χ1n) is 8.51. The van der Waals surface area contributed by atoms with Crippen LogP contribution >= 0.6 is 0 Å². The van der Waals surface area contributed by atoms with Gasteiger partial charge in [-0.05, 0) is 66.6 Å². The van der Waals surface area contributed by atoms with E-state index in [1.54, 1.807) is 11.1 Å². The first-order chi connectivity index (χ1) is 9.72. The minimum atomic E-state index is 0.820. The quantitative estimate of drug-likeness (QED) is 0.600. The highest BCUT2D eigenvalue weighted by Crippen LogP contribution is 2.36. The summed E-state index contributed by atoms with van der Waals surface area (Å²) in [6.07, 6.45) is 11.9. The predicted octanol–water partition coefficient (Wildman–Crippen LogP) is 6.18. The Morgan fingerprint density at radius 1 is 0.800 bits per heavy atom. The fourth-order valence-electron chi connectivity index (χ4n) is 3.79. The first-order valence-corrected chi connectivity index (χ1v) is 8.51. The van der Waals surface area contributed by atoms with Crippen LogP contribution in [-0.2, 0) is 0 Å². The van der Waals surface area contributed by atoms with Gasteiger partial charge in [-0.25, -0.2) is 0 Å². The summed E-state index contributed by atoms with van der Waals surface area (Å²) in [4.78, 5) is 0. The fourth-order valence-corrected chi connectivity index (χ4v) is 3.79. The largest absolute Gasteiger partial charge is 0.0805 e. The average molecular weight is 268 g/mol. The zero-order valence-corrected chi connectivity index (χ0v) is 13.1. The van der Waals surface area contributed by atoms with Crippen LogP contribution in [0.5, 0.6) is 0 Å². The van der Waals surface area contributed by atoms with E-state index in [2.05, 4.69) is 44.2 Å². The van der Waals surface area contributed by atoms with Crippen LogP contribution in [0.4, 0.5) is 0 Å². The van der Waals surface area contributed by atoms with Crippen LogP contribution in [0, 0.1) is 11.8 Å². The summed E-state index contributed by atoms with van der Waals surface area (Å²) in [5.41, 5.74) is 4.61. The Labute approximate surface area is 124 Å². The standard InChI is InChI=1S/C20H28/c1-15-3-7-17(8-4-15)19-11-13-20(14-12-19)18-9-5-16(2)6-10-18/h7,11-16,18H,3-6,8-10H2,1-2H3/t15?,16-,18-. The molecule has 108 valence electrons. The third-order valence-corrected chi connectivity index (χ3v) is 5.44. The Bertz CT molecular complexity index is 457. The molecule has 20 heavy (non-hydrogen) atoms. The molecule has 2 aliphatic rings. The molecule has 1 aromatic rings.